The highest BCUT2D eigenvalue weighted by Gasteiger charge is 2.51. The third kappa shape index (κ3) is 4.35. The van der Waals surface area contributed by atoms with Gasteiger partial charge < -0.3 is 14.2 Å². The van der Waals surface area contributed by atoms with Crippen molar-refractivity contribution in [3.63, 3.8) is 0 Å². The summed E-state index contributed by atoms with van der Waals surface area (Å²) < 4.78 is 12.4. The van der Waals surface area contributed by atoms with Crippen molar-refractivity contribution in [3.05, 3.63) is 66.1 Å². The molecule has 2 aromatic rings. The Morgan fingerprint density at radius 3 is 2.53 bits per heavy atom. The number of likely N-dealkylation sites (tertiary alicyclic amines) is 1. The first-order chi connectivity index (χ1) is 16.2. The lowest BCUT2D eigenvalue weighted by molar-refractivity contribution is -0.130. The summed E-state index contributed by atoms with van der Waals surface area (Å²) >= 11 is 0. The Morgan fingerprint density at radius 1 is 1.12 bits per heavy atom. The zero-order chi connectivity index (χ0) is 23.9. The largest absolute Gasteiger partial charge is 0.494 e. The van der Waals surface area contributed by atoms with E-state index in [2.05, 4.69) is 56.9 Å². The van der Waals surface area contributed by atoms with E-state index in [0.29, 0.717) is 6.42 Å². The molecule has 1 amide bonds. The molecule has 2 saturated heterocycles. The van der Waals surface area contributed by atoms with E-state index in [1.54, 1.807) is 12.4 Å². The molecule has 34 heavy (non-hydrogen) atoms. The average molecular weight is 457 g/mol. The van der Waals surface area contributed by atoms with E-state index in [9.17, 15) is 4.79 Å². The maximum Gasteiger partial charge on any atom is 0.494 e. The number of carbonyl (C=O) groups is 1. The molecule has 176 valence electrons. The van der Waals surface area contributed by atoms with E-state index in [1.165, 1.54) is 5.57 Å². The summed E-state index contributed by atoms with van der Waals surface area (Å²) in [6.07, 6.45) is 8.61. The van der Waals surface area contributed by atoms with Crippen molar-refractivity contribution in [1.29, 1.82) is 0 Å². The average Bonchev–Trinajstić information content (AvgIpc) is 3.52. The number of amides is 1. The second kappa shape index (κ2) is 8.79. The van der Waals surface area contributed by atoms with Gasteiger partial charge in [-0.25, -0.2) is 0 Å². The lowest BCUT2D eigenvalue weighted by atomic mass is 9.78. The van der Waals surface area contributed by atoms with Crippen LogP contribution in [-0.4, -0.2) is 52.4 Å². The molecule has 0 bridgehead atoms. The van der Waals surface area contributed by atoms with Crippen molar-refractivity contribution in [2.45, 2.75) is 70.6 Å². The normalized spacial score (nSPS) is 23.2. The molecule has 4 heterocycles. The van der Waals surface area contributed by atoms with Crippen LogP contribution >= 0.6 is 0 Å². The number of carbonyl (C=O) groups excluding carboxylic acids is 1. The first kappa shape index (κ1) is 23.0. The molecule has 0 spiro atoms. The Morgan fingerprint density at radius 2 is 1.85 bits per heavy atom. The van der Waals surface area contributed by atoms with Crippen LogP contribution in [0.3, 0.4) is 0 Å². The van der Waals surface area contributed by atoms with Crippen molar-refractivity contribution in [2.75, 3.05) is 6.54 Å². The molecule has 3 aliphatic heterocycles. The van der Waals surface area contributed by atoms with Crippen molar-refractivity contribution in [2.24, 2.45) is 4.99 Å². The third-order valence-electron chi connectivity index (χ3n) is 7.60. The van der Waals surface area contributed by atoms with Crippen LogP contribution in [0.15, 0.2) is 60.0 Å². The highest BCUT2D eigenvalue weighted by Crippen LogP contribution is 2.36. The second-order valence-electron chi connectivity index (χ2n) is 10.4. The van der Waals surface area contributed by atoms with Crippen molar-refractivity contribution in [3.8, 4) is 0 Å². The van der Waals surface area contributed by atoms with E-state index in [-0.39, 0.29) is 30.3 Å². The SMILES string of the molecule is CC1(C)OB(c2ccc(C3=CN=C([C@@H]4CCCN4C(=O)Cc4cccnc4)C3)cc2)OC1(C)C. The number of pyridine rings is 1. The van der Waals surface area contributed by atoms with Crippen LogP contribution in [0.4, 0.5) is 0 Å². The van der Waals surface area contributed by atoms with Gasteiger partial charge in [-0.2, -0.15) is 0 Å². The van der Waals surface area contributed by atoms with Gasteiger partial charge in [0, 0.05) is 37.3 Å². The van der Waals surface area contributed by atoms with Crippen LogP contribution in [-0.2, 0) is 20.5 Å². The standard InChI is InChI=1S/C27H32BN3O3/c1-26(2)27(3,4)34-28(33-26)22-11-9-20(10-12-22)21-16-23(30-18-21)24-8-6-14-31(24)25(32)15-19-7-5-13-29-17-19/h5,7,9-13,17-18,24H,6,8,14-16H2,1-4H3/t24-/m0/s1. The number of allylic oxidation sites excluding steroid dienone is 1. The molecular weight excluding hydrogens is 425 g/mol. The van der Waals surface area contributed by atoms with Gasteiger partial charge in [0.2, 0.25) is 5.91 Å². The summed E-state index contributed by atoms with van der Waals surface area (Å²) in [5.41, 5.74) is 4.68. The summed E-state index contributed by atoms with van der Waals surface area (Å²) in [6, 6.07) is 12.3. The van der Waals surface area contributed by atoms with Gasteiger partial charge >= 0.3 is 7.12 Å². The molecule has 1 atom stereocenters. The first-order valence-corrected chi connectivity index (χ1v) is 12.1. The maximum atomic E-state index is 13.0. The quantitative estimate of drug-likeness (QED) is 0.641. The van der Waals surface area contributed by atoms with Crippen LogP contribution < -0.4 is 5.46 Å². The van der Waals surface area contributed by atoms with Crippen LogP contribution in [0.2, 0.25) is 0 Å². The number of nitrogens with zero attached hydrogens (tertiary/aromatic N) is 3. The molecule has 6 nitrogen and oxygen atoms in total. The number of benzene rings is 1. The van der Waals surface area contributed by atoms with Crippen molar-refractivity contribution in [1.82, 2.24) is 9.88 Å². The van der Waals surface area contributed by atoms with Gasteiger partial charge in [0.1, 0.15) is 0 Å². The monoisotopic (exact) mass is 457 g/mol. The summed E-state index contributed by atoms with van der Waals surface area (Å²) in [6.45, 7) is 9.06. The minimum atomic E-state index is -0.360. The number of aliphatic imine (C=N–C) groups is 1. The predicted octanol–water partition coefficient (Wildman–Crippen LogP) is 3.80. The number of aromatic nitrogens is 1. The van der Waals surface area contributed by atoms with Crippen molar-refractivity contribution < 1.29 is 14.1 Å². The fraction of sp³-hybridized carbons (Fsp3) is 0.444. The molecular formula is C27H32BN3O3. The molecule has 7 heteroatoms. The van der Waals surface area contributed by atoms with Gasteiger partial charge in [-0.1, -0.05) is 30.3 Å². The number of hydrogen-bond acceptors (Lipinski definition) is 5. The van der Waals surface area contributed by atoms with E-state index in [4.69, 9.17) is 14.3 Å². The number of hydrogen-bond donors (Lipinski definition) is 0. The Hall–Kier alpha value is -2.77. The van der Waals surface area contributed by atoms with E-state index < -0.39 is 0 Å². The topological polar surface area (TPSA) is 64.0 Å². The minimum Gasteiger partial charge on any atom is -0.399 e. The maximum absolute atomic E-state index is 13.0. The first-order valence-electron chi connectivity index (χ1n) is 12.1. The Balaban J connectivity index is 1.22. The molecule has 1 aromatic carbocycles. The molecule has 1 aromatic heterocycles. The fourth-order valence-electron chi connectivity index (χ4n) is 4.85. The van der Waals surface area contributed by atoms with Crippen LogP contribution in [0, 0.1) is 0 Å². The highest BCUT2D eigenvalue weighted by atomic mass is 16.7. The summed E-state index contributed by atoms with van der Waals surface area (Å²) in [4.78, 5) is 23.9. The lowest BCUT2D eigenvalue weighted by Gasteiger charge is -2.32. The molecule has 3 aliphatic rings. The smallest absolute Gasteiger partial charge is 0.399 e. The summed E-state index contributed by atoms with van der Waals surface area (Å²) in [5.74, 6) is 0.151. The van der Waals surface area contributed by atoms with Gasteiger partial charge in [0.25, 0.3) is 0 Å². The number of rotatable bonds is 5. The third-order valence-corrected chi connectivity index (χ3v) is 7.60. The van der Waals surface area contributed by atoms with Crippen LogP contribution in [0.5, 0.6) is 0 Å². The molecule has 0 radical (unpaired) electrons. The molecule has 0 N–H and O–H groups in total. The second-order valence-corrected chi connectivity index (χ2v) is 10.4. The van der Waals surface area contributed by atoms with Crippen molar-refractivity contribution >= 4 is 29.8 Å². The Kier molecular flexibility index (Phi) is 5.94. The fourth-order valence-corrected chi connectivity index (χ4v) is 4.85. The molecule has 0 saturated carbocycles. The van der Waals surface area contributed by atoms with Gasteiger partial charge in [-0.3, -0.25) is 14.8 Å². The summed E-state index contributed by atoms with van der Waals surface area (Å²) in [7, 11) is -0.360. The molecule has 2 fully saturated rings. The van der Waals surface area contributed by atoms with Gasteiger partial charge in [0.15, 0.2) is 0 Å². The Bertz CT molecular complexity index is 1110. The van der Waals surface area contributed by atoms with Gasteiger partial charge in [-0.15, -0.1) is 0 Å². The summed E-state index contributed by atoms with van der Waals surface area (Å²) in [5, 5.41) is 0. The zero-order valence-electron chi connectivity index (χ0n) is 20.5. The van der Waals surface area contributed by atoms with E-state index >= 15 is 0 Å². The highest BCUT2D eigenvalue weighted by molar-refractivity contribution is 6.62. The zero-order valence-corrected chi connectivity index (χ0v) is 20.5. The van der Waals surface area contributed by atoms with E-state index in [0.717, 1.165) is 48.1 Å². The van der Waals surface area contributed by atoms with Crippen LogP contribution in [0.1, 0.15) is 58.1 Å². The molecule has 5 rings (SSSR count). The van der Waals surface area contributed by atoms with Gasteiger partial charge in [0.05, 0.1) is 23.7 Å². The lowest BCUT2D eigenvalue weighted by Crippen LogP contribution is -2.41. The predicted molar refractivity (Wildman–Crippen MR) is 135 cm³/mol. The van der Waals surface area contributed by atoms with Gasteiger partial charge in [-0.05, 0) is 68.8 Å². The van der Waals surface area contributed by atoms with Crippen LogP contribution in [0.25, 0.3) is 5.57 Å². The molecule has 0 aliphatic carbocycles. The minimum absolute atomic E-state index is 0.0851. The molecule has 0 unspecified atom stereocenters. The van der Waals surface area contributed by atoms with E-state index in [1.807, 2.05) is 23.2 Å². The Labute approximate surface area is 202 Å².